The van der Waals surface area contributed by atoms with Crippen LogP contribution in [0.4, 0.5) is 11.4 Å². The van der Waals surface area contributed by atoms with Crippen molar-refractivity contribution in [3.05, 3.63) is 46.8 Å². The monoisotopic (exact) mass is 292 g/mol. The predicted octanol–water partition coefficient (Wildman–Crippen LogP) is 2.15. The average Bonchev–Trinajstić information content (AvgIpc) is 2.86. The lowest BCUT2D eigenvalue weighted by atomic mass is 10.2. The third-order valence-electron chi connectivity index (χ3n) is 2.55. The molecule has 0 spiro atoms. The van der Waals surface area contributed by atoms with Gasteiger partial charge in [0.15, 0.2) is 5.16 Å². The number of imidazole rings is 1. The van der Waals surface area contributed by atoms with Crippen LogP contribution in [0, 0.1) is 10.1 Å². The van der Waals surface area contributed by atoms with Gasteiger partial charge in [0.25, 0.3) is 5.69 Å². The summed E-state index contributed by atoms with van der Waals surface area (Å²) < 4.78 is 1.68. The van der Waals surface area contributed by atoms with Crippen LogP contribution in [0.3, 0.4) is 0 Å². The maximum Gasteiger partial charge on any atom is 0.292 e. The van der Waals surface area contributed by atoms with Crippen LogP contribution < -0.4 is 5.32 Å². The highest BCUT2D eigenvalue weighted by Gasteiger charge is 2.15. The van der Waals surface area contributed by atoms with Gasteiger partial charge in [0, 0.05) is 18.5 Å². The Labute approximate surface area is 119 Å². The third-order valence-corrected chi connectivity index (χ3v) is 3.25. The van der Waals surface area contributed by atoms with E-state index >= 15 is 0 Å². The topological polar surface area (TPSA) is 90.1 Å². The summed E-state index contributed by atoms with van der Waals surface area (Å²) in [6.07, 6.45) is 5.15. The fourth-order valence-corrected chi connectivity index (χ4v) is 2.21. The van der Waals surface area contributed by atoms with E-state index in [0.29, 0.717) is 5.16 Å². The van der Waals surface area contributed by atoms with Crippen LogP contribution in [-0.2, 0) is 11.3 Å². The van der Waals surface area contributed by atoms with Gasteiger partial charge in [-0.15, -0.1) is 0 Å². The molecule has 0 aliphatic carbocycles. The minimum atomic E-state index is -0.528. The number of aromatic nitrogens is 2. The van der Waals surface area contributed by atoms with Gasteiger partial charge in [-0.1, -0.05) is 23.9 Å². The molecule has 1 aromatic heterocycles. The number of carbonyl (C=O) groups is 1. The van der Waals surface area contributed by atoms with E-state index < -0.39 is 4.92 Å². The molecule has 0 saturated carbocycles. The number of carbonyl (C=O) groups excluding carboxylic acids is 1. The summed E-state index contributed by atoms with van der Waals surface area (Å²) in [5.74, 6) is -0.340. The van der Waals surface area contributed by atoms with Crippen molar-refractivity contribution in [2.24, 2.45) is 0 Å². The first kappa shape index (κ1) is 14.1. The molecule has 1 N–H and O–H groups in total. The summed E-state index contributed by atoms with van der Waals surface area (Å²) in [5, 5.41) is 14.1. The maximum absolute atomic E-state index is 11.9. The van der Waals surface area contributed by atoms with Crippen LogP contribution in [-0.4, -0.2) is 26.6 Å². The molecule has 0 saturated heterocycles. The molecule has 20 heavy (non-hydrogen) atoms. The van der Waals surface area contributed by atoms with Gasteiger partial charge in [0.05, 0.1) is 4.92 Å². The summed E-state index contributed by atoms with van der Waals surface area (Å²) in [5.41, 5.74) is 0.0601. The fraction of sp³-hybridized carbons (Fsp3) is 0.167. The molecule has 0 radical (unpaired) electrons. The number of nitro groups is 1. The molecule has 1 aromatic carbocycles. The Morgan fingerprint density at radius 2 is 2.25 bits per heavy atom. The number of benzene rings is 1. The maximum atomic E-state index is 11.9. The molecule has 0 atom stereocenters. The van der Waals surface area contributed by atoms with E-state index in [-0.39, 0.29) is 23.8 Å². The van der Waals surface area contributed by atoms with Crippen molar-refractivity contribution in [2.45, 2.75) is 11.7 Å². The van der Waals surface area contributed by atoms with Gasteiger partial charge >= 0.3 is 0 Å². The van der Waals surface area contributed by atoms with E-state index in [1.165, 1.54) is 23.9 Å². The van der Waals surface area contributed by atoms with E-state index in [0.717, 1.165) is 0 Å². The second-order valence-electron chi connectivity index (χ2n) is 3.86. The van der Waals surface area contributed by atoms with Gasteiger partial charge in [0.2, 0.25) is 5.91 Å². The summed E-state index contributed by atoms with van der Waals surface area (Å²) >= 11 is 1.42. The Morgan fingerprint density at radius 3 is 2.95 bits per heavy atom. The molecule has 1 amide bonds. The third kappa shape index (κ3) is 3.15. The number of para-hydroxylation sites is 2. The lowest BCUT2D eigenvalue weighted by Crippen LogP contribution is -2.19. The molecule has 104 valence electrons. The summed E-state index contributed by atoms with van der Waals surface area (Å²) in [4.78, 5) is 26.3. The number of hydrogen-bond donors (Lipinski definition) is 1. The first-order chi connectivity index (χ1) is 9.61. The van der Waals surface area contributed by atoms with Gasteiger partial charge in [-0.3, -0.25) is 14.9 Å². The van der Waals surface area contributed by atoms with E-state index in [2.05, 4.69) is 10.3 Å². The highest BCUT2D eigenvalue weighted by atomic mass is 32.2. The van der Waals surface area contributed by atoms with Crippen molar-refractivity contribution < 1.29 is 9.72 Å². The Kier molecular flexibility index (Phi) is 4.36. The minimum absolute atomic E-state index is 0.0578. The van der Waals surface area contributed by atoms with Gasteiger partial charge < -0.3 is 9.88 Å². The Morgan fingerprint density at radius 1 is 1.50 bits per heavy atom. The molecular formula is C12H12N4O3S. The van der Waals surface area contributed by atoms with Crippen LogP contribution in [0.15, 0.2) is 41.8 Å². The number of rotatable bonds is 5. The van der Waals surface area contributed by atoms with Crippen molar-refractivity contribution in [3.63, 3.8) is 0 Å². The van der Waals surface area contributed by atoms with E-state index in [4.69, 9.17) is 0 Å². The zero-order valence-corrected chi connectivity index (χ0v) is 11.5. The molecule has 2 rings (SSSR count). The van der Waals surface area contributed by atoms with E-state index in [9.17, 15) is 14.9 Å². The van der Waals surface area contributed by atoms with Gasteiger partial charge in [-0.2, -0.15) is 0 Å². The molecule has 0 fully saturated rings. The molecule has 0 aliphatic heterocycles. The number of nitrogens with one attached hydrogen (secondary N) is 1. The van der Waals surface area contributed by atoms with Crippen LogP contribution in [0.5, 0.6) is 0 Å². The smallest absolute Gasteiger partial charge is 0.292 e. The highest BCUT2D eigenvalue weighted by molar-refractivity contribution is 7.98. The predicted molar refractivity (Wildman–Crippen MR) is 75.7 cm³/mol. The Hall–Kier alpha value is -2.35. The number of anilines is 1. The molecule has 7 nitrogen and oxygen atoms in total. The average molecular weight is 292 g/mol. The highest BCUT2D eigenvalue weighted by Crippen LogP contribution is 2.23. The van der Waals surface area contributed by atoms with Gasteiger partial charge in [-0.25, -0.2) is 4.98 Å². The van der Waals surface area contributed by atoms with Crippen LogP contribution in [0.2, 0.25) is 0 Å². The number of thioether (sulfide) groups is 1. The molecule has 8 heteroatoms. The fourth-order valence-electron chi connectivity index (χ4n) is 1.69. The zero-order chi connectivity index (χ0) is 14.5. The van der Waals surface area contributed by atoms with Crippen molar-refractivity contribution in [3.8, 4) is 0 Å². The lowest BCUT2D eigenvalue weighted by Gasteiger charge is -2.07. The zero-order valence-electron chi connectivity index (χ0n) is 10.6. The molecule has 0 aliphatic rings. The van der Waals surface area contributed by atoms with Crippen LogP contribution in [0.1, 0.15) is 0 Å². The van der Waals surface area contributed by atoms with Crippen molar-refractivity contribution >= 4 is 29.0 Å². The van der Waals surface area contributed by atoms with Crippen molar-refractivity contribution in [1.29, 1.82) is 0 Å². The summed E-state index contributed by atoms with van der Waals surface area (Å²) in [7, 11) is 0. The molecule has 0 bridgehead atoms. The Bertz CT molecular complexity index is 641. The van der Waals surface area contributed by atoms with E-state index in [1.807, 2.05) is 6.26 Å². The van der Waals surface area contributed by atoms with Crippen molar-refractivity contribution in [1.82, 2.24) is 9.55 Å². The minimum Gasteiger partial charge on any atom is -0.319 e. The SMILES string of the molecule is CSc1nccn1CC(=O)Nc1ccccc1[N+](=O)[O-]. The van der Waals surface area contributed by atoms with Crippen LogP contribution >= 0.6 is 11.8 Å². The first-order valence-electron chi connectivity index (χ1n) is 5.70. The second-order valence-corrected chi connectivity index (χ2v) is 4.64. The molecule has 0 unspecified atom stereocenters. The summed E-state index contributed by atoms with van der Waals surface area (Å²) in [6, 6.07) is 6.03. The number of hydrogen-bond acceptors (Lipinski definition) is 5. The quantitative estimate of drug-likeness (QED) is 0.518. The number of nitro benzene ring substituents is 1. The number of nitrogens with zero attached hydrogens (tertiary/aromatic N) is 3. The normalized spacial score (nSPS) is 10.2. The molecule has 2 aromatic rings. The standard InChI is InChI=1S/C12H12N4O3S/c1-20-12-13-6-7-15(12)8-11(17)14-9-4-2-3-5-10(9)16(18)19/h2-7H,8H2,1H3,(H,14,17). The largest absolute Gasteiger partial charge is 0.319 e. The molecular weight excluding hydrogens is 280 g/mol. The lowest BCUT2D eigenvalue weighted by molar-refractivity contribution is -0.383. The molecule has 1 heterocycles. The first-order valence-corrected chi connectivity index (χ1v) is 6.92. The Balaban J connectivity index is 2.11. The van der Waals surface area contributed by atoms with Gasteiger partial charge in [0.1, 0.15) is 12.2 Å². The van der Waals surface area contributed by atoms with Crippen molar-refractivity contribution in [2.75, 3.05) is 11.6 Å². The number of amides is 1. The van der Waals surface area contributed by atoms with E-state index in [1.54, 1.807) is 29.1 Å². The van der Waals surface area contributed by atoms with Crippen LogP contribution in [0.25, 0.3) is 0 Å². The second kappa shape index (κ2) is 6.20. The summed E-state index contributed by atoms with van der Waals surface area (Å²) in [6.45, 7) is 0.0578. The van der Waals surface area contributed by atoms with Gasteiger partial charge in [-0.05, 0) is 12.3 Å².